The Morgan fingerprint density at radius 3 is 2.74 bits per heavy atom. The van der Waals surface area contributed by atoms with E-state index in [1.54, 1.807) is 42.7 Å². The number of halogens is 4. The number of ether oxygens (including phenoxy) is 1. The molecule has 0 spiro atoms. The van der Waals surface area contributed by atoms with Crippen LogP contribution in [0.3, 0.4) is 0 Å². The van der Waals surface area contributed by atoms with Gasteiger partial charge in [-0.3, -0.25) is 0 Å². The average Bonchev–Trinajstić information content (AvgIpc) is 3.26. The molecular weight excluding hydrogens is 492 g/mol. The normalized spacial score (nSPS) is 17.8. The van der Waals surface area contributed by atoms with Crippen molar-refractivity contribution in [2.45, 2.75) is 25.1 Å². The maximum Gasteiger partial charge on any atom is 0.387 e. The zero-order valence-electron chi connectivity index (χ0n) is 15.8. The average molecular weight is 507 g/mol. The molecule has 2 aromatic heterocycles. The summed E-state index contributed by atoms with van der Waals surface area (Å²) in [5.41, 5.74) is 2.18. The minimum absolute atomic E-state index is 0.112. The lowest BCUT2D eigenvalue weighted by molar-refractivity contribution is -0.0507. The van der Waals surface area contributed by atoms with Gasteiger partial charge < -0.3 is 14.6 Å². The summed E-state index contributed by atoms with van der Waals surface area (Å²) in [6, 6.07) is 11.6. The molecule has 0 saturated carbocycles. The van der Waals surface area contributed by atoms with Gasteiger partial charge in [-0.1, -0.05) is 33.6 Å². The first kappa shape index (κ1) is 20.1. The summed E-state index contributed by atoms with van der Waals surface area (Å²) in [6.07, 6.45) is 3.82. The zero-order valence-corrected chi connectivity index (χ0v) is 18.2. The number of rotatable bonds is 5. The SMILES string of the molecule is FC(F)Oc1cccc(Br)c1[C@H]1C[C@@H](Nc2ncccn2)c2nc3ccc(Cl)cc3n21. The van der Waals surface area contributed by atoms with Crippen molar-refractivity contribution in [3.05, 3.63) is 75.7 Å². The van der Waals surface area contributed by atoms with E-state index in [4.69, 9.17) is 21.3 Å². The van der Waals surface area contributed by atoms with Crippen molar-refractivity contribution in [2.75, 3.05) is 5.32 Å². The first-order chi connectivity index (χ1) is 15.0. The molecule has 2 atom stereocenters. The van der Waals surface area contributed by atoms with E-state index in [1.165, 1.54) is 0 Å². The van der Waals surface area contributed by atoms with Crippen LogP contribution in [0.25, 0.3) is 11.0 Å². The minimum Gasteiger partial charge on any atom is -0.434 e. The second-order valence-electron chi connectivity index (χ2n) is 7.02. The van der Waals surface area contributed by atoms with Crippen LogP contribution in [0.5, 0.6) is 5.75 Å². The Morgan fingerprint density at radius 1 is 1.16 bits per heavy atom. The number of benzene rings is 2. The fraction of sp³-hybridized carbons (Fsp3) is 0.190. The van der Waals surface area contributed by atoms with Crippen molar-refractivity contribution in [3.63, 3.8) is 0 Å². The molecule has 0 unspecified atom stereocenters. The number of fused-ring (bicyclic) bond motifs is 3. The Morgan fingerprint density at radius 2 is 1.97 bits per heavy atom. The van der Waals surface area contributed by atoms with E-state index in [2.05, 4.69) is 31.2 Å². The molecule has 0 bridgehead atoms. The van der Waals surface area contributed by atoms with Crippen LogP contribution < -0.4 is 10.1 Å². The largest absolute Gasteiger partial charge is 0.434 e. The van der Waals surface area contributed by atoms with Crippen LogP contribution in [0.1, 0.15) is 29.9 Å². The van der Waals surface area contributed by atoms with E-state index in [0.717, 1.165) is 16.9 Å². The zero-order chi connectivity index (χ0) is 21.5. The van der Waals surface area contributed by atoms with Gasteiger partial charge in [0.15, 0.2) is 0 Å². The number of anilines is 1. The van der Waals surface area contributed by atoms with Crippen molar-refractivity contribution in [1.82, 2.24) is 19.5 Å². The Balaban J connectivity index is 1.67. The Bertz CT molecular complexity index is 1250. The summed E-state index contributed by atoms with van der Waals surface area (Å²) in [4.78, 5) is 13.3. The number of nitrogens with one attached hydrogen (secondary N) is 1. The van der Waals surface area contributed by atoms with Gasteiger partial charge in [-0.25, -0.2) is 15.0 Å². The van der Waals surface area contributed by atoms with Crippen molar-refractivity contribution < 1.29 is 13.5 Å². The summed E-state index contributed by atoms with van der Waals surface area (Å²) < 4.78 is 33.8. The summed E-state index contributed by atoms with van der Waals surface area (Å²) in [6.45, 7) is -2.94. The maximum atomic E-state index is 13.1. The highest BCUT2D eigenvalue weighted by molar-refractivity contribution is 9.10. The highest BCUT2D eigenvalue weighted by atomic mass is 79.9. The lowest BCUT2D eigenvalue weighted by Crippen LogP contribution is -2.12. The van der Waals surface area contributed by atoms with Gasteiger partial charge in [0.2, 0.25) is 5.95 Å². The first-order valence-electron chi connectivity index (χ1n) is 9.45. The van der Waals surface area contributed by atoms with Crippen LogP contribution >= 0.6 is 27.5 Å². The number of aromatic nitrogens is 4. The molecule has 1 N–H and O–H groups in total. The summed E-state index contributed by atoms with van der Waals surface area (Å²) in [7, 11) is 0. The summed E-state index contributed by atoms with van der Waals surface area (Å²) >= 11 is 9.78. The lowest BCUT2D eigenvalue weighted by Gasteiger charge is -2.20. The van der Waals surface area contributed by atoms with Crippen molar-refractivity contribution in [1.29, 1.82) is 0 Å². The quantitative estimate of drug-likeness (QED) is 0.360. The fourth-order valence-corrected chi connectivity index (χ4v) is 4.81. The van der Waals surface area contributed by atoms with Gasteiger partial charge in [0.1, 0.15) is 11.6 Å². The third kappa shape index (κ3) is 3.72. The van der Waals surface area contributed by atoms with E-state index in [1.807, 2.05) is 16.7 Å². The molecule has 158 valence electrons. The Labute approximate surface area is 189 Å². The summed E-state index contributed by atoms with van der Waals surface area (Å²) in [5, 5.41) is 3.87. The number of hydrogen-bond acceptors (Lipinski definition) is 5. The molecule has 4 aromatic rings. The number of imidazole rings is 1. The molecule has 1 aliphatic rings. The monoisotopic (exact) mass is 505 g/mol. The van der Waals surface area contributed by atoms with E-state index in [9.17, 15) is 8.78 Å². The number of hydrogen-bond donors (Lipinski definition) is 1. The van der Waals surface area contributed by atoms with Crippen LogP contribution in [0.4, 0.5) is 14.7 Å². The molecule has 0 amide bonds. The predicted octanol–water partition coefficient (Wildman–Crippen LogP) is 5.99. The van der Waals surface area contributed by atoms with Crippen LogP contribution in [-0.2, 0) is 0 Å². The molecule has 3 heterocycles. The van der Waals surface area contributed by atoms with Gasteiger partial charge >= 0.3 is 6.61 Å². The van der Waals surface area contributed by atoms with Gasteiger partial charge in [0, 0.05) is 27.5 Å². The van der Waals surface area contributed by atoms with Gasteiger partial charge in [0.05, 0.1) is 23.1 Å². The molecule has 0 saturated heterocycles. The third-order valence-electron chi connectivity index (χ3n) is 5.19. The molecule has 5 rings (SSSR count). The first-order valence-corrected chi connectivity index (χ1v) is 10.6. The number of alkyl halides is 2. The van der Waals surface area contributed by atoms with Crippen LogP contribution in [0.15, 0.2) is 59.3 Å². The maximum absolute atomic E-state index is 13.1. The highest BCUT2D eigenvalue weighted by Gasteiger charge is 2.38. The molecule has 31 heavy (non-hydrogen) atoms. The van der Waals surface area contributed by atoms with E-state index in [0.29, 0.717) is 27.4 Å². The molecule has 10 heteroatoms. The van der Waals surface area contributed by atoms with E-state index in [-0.39, 0.29) is 17.8 Å². The predicted molar refractivity (Wildman–Crippen MR) is 117 cm³/mol. The molecule has 0 fully saturated rings. The number of nitrogens with zero attached hydrogens (tertiary/aromatic N) is 4. The highest BCUT2D eigenvalue weighted by Crippen LogP contribution is 2.47. The Hall–Kier alpha value is -2.78. The van der Waals surface area contributed by atoms with E-state index < -0.39 is 6.61 Å². The van der Waals surface area contributed by atoms with E-state index >= 15 is 0 Å². The van der Waals surface area contributed by atoms with Crippen molar-refractivity contribution in [2.24, 2.45) is 0 Å². The molecule has 0 aliphatic carbocycles. The van der Waals surface area contributed by atoms with Gasteiger partial charge in [0.25, 0.3) is 0 Å². The standard InChI is InChI=1S/C21H15BrClF2N5O/c22-12-3-1-4-17(31-20(24)25)18(12)16-10-14(29-21-26-7-2-8-27-21)19-28-13-6-5-11(23)9-15(13)30(16)19/h1-9,14,16,20H,10H2,(H,26,27,29)/t14-,16-/m1/s1. The molecular formula is C21H15BrClF2N5O. The van der Waals surface area contributed by atoms with Crippen molar-refractivity contribution in [3.8, 4) is 5.75 Å². The fourth-order valence-electron chi connectivity index (χ4n) is 4.03. The van der Waals surface area contributed by atoms with Gasteiger partial charge in [-0.05, 0) is 42.8 Å². The molecule has 1 aliphatic heterocycles. The lowest BCUT2D eigenvalue weighted by atomic mass is 10.0. The third-order valence-corrected chi connectivity index (χ3v) is 6.12. The van der Waals surface area contributed by atoms with Crippen molar-refractivity contribution >= 4 is 44.5 Å². The molecule has 2 aromatic carbocycles. The van der Waals surface area contributed by atoms with Crippen LogP contribution in [0.2, 0.25) is 5.02 Å². The van der Waals surface area contributed by atoms with Crippen LogP contribution in [0, 0.1) is 0 Å². The minimum atomic E-state index is -2.94. The Kier molecular flexibility index (Phi) is 5.23. The summed E-state index contributed by atoms with van der Waals surface area (Å²) in [5.74, 6) is 1.32. The second kappa shape index (κ2) is 8.05. The molecule has 6 nitrogen and oxygen atoms in total. The topological polar surface area (TPSA) is 64.9 Å². The second-order valence-corrected chi connectivity index (χ2v) is 8.31. The van der Waals surface area contributed by atoms with Gasteiger partial charge in [-0.2, -0.15) is 8.78 Å². The smallest absolute Gasteiger partial charge is 0.387 e. The molecule has 0 radical (unpaired) electrons. The van der Waals surface area contributed by atoms with Gasteiger partial charge in [-0.15, -0.1) is 0 Å². The van der Waals surface area contributed by atoms with Crippen LogP contribution in [-0.4, -0.2) is 26.1 Å².